The molecule has 0 heterocycles. The average molecular weight is 422 g/mol. The van der Waals surface area contributed by atoms with Crippen LogP contribution in [0, 0.1) is 6.42 Å². The second-order valence-electron chi connectivity index (χ2n) is 10.1. The summed E-state index contributed by atoms with van der Waals surface area (Å²) >= 11 is 0. The van der Waals surface area contributed by atoms with Crippen molar-refractivity contribution >= 4 is 8.32 Å². The molecule has 0 aromatic rings. The van der Waals surface area contributed by atoms with Gasteiger partial charge < -0.3 is 4.43 Å². The van der Waals surface area contributed by atoms with E-state index in [1.165, 1.54) is 77.0 Å². The van der Waals surface area contributed by atoms with Gasteiger partial charge in [-0.3, -0.25) is 0 Å². The van der Waals surface area contributed by atoms with Crippen molar-refractivity contribution in [3.8, 4) is 0 Å². The number of rotatable bonds is 19. The van der Waals surface area contributed by atoms with E-state index in [0.717, 1.165) is 19.4 Å². The van der Waals surface area contributed by atoms with E-state index in [1.54, 1.807) is 0 Å². The van der Waals surface area contributed by atoms with Crippen molar-refractivity contribution in [3.05, 3.63) is 30.7 Å². The van der Waals surface area contributed by atoms with Gasteiger partial charge in [-0.1, -0.05) is 103 Å². The lowest BCUT2D eigenvalue weighted by Gasteiger charge is -2.36. The summed E-state index contributed by atoms with van der Waals surface area (Å²) in [6.07, 6.45) is 30.1. The van der Waals surface area contributed by atoms with E-state index >= 15 is 0 Å². The molecule has 171 valence electrons. The molecular weight excluding hydrogens is 368 g/mol. The molecule has 2 heteroatoms. The molecule has 0 saturated carbocycles. The molecule has 0 atom stereocenters. The van der Waals surface area contributed by atoms with Gasteiger partial charge in [0.15, 0.2) is 8.32 Å². The van der Waals surface area contributed by atoms with E-state index < -0.39 is 8.32 Å². The summed E-state index contributed by atoms with van der Waals surface area (Å²) in [5.41, 5.74) is 0. The van der Waals surface area contributed by atoms with Crippen LogP contribution in [0.4, 0.5) is 0 Å². The minimum atomic E-state index is -1.55. The Bertz CT molecular complexity index is 403. The third-order valence-corrected chi connectivity index (χ3v) is 10.7. The normalized spacial score (nSPS) is 13.2. The van der Waals surface area contributed by atoms with Crippen LogP contribution in [-0.2, 0) is 4.43 Å². The molecule has 0 unspecified atom stereocenters. The van der Waals surface area contributed by atoms with Crippen LogP contribution in [0.15, 0.2) is 24.3 Å². The Morgan fingerprint density at radius 2 is 1.17 bits per heavy atom. The van der Waals surface area contributed by atoms with Gasteiger partial charge in [-0.25, -0.2) is 0 Å². The Morgan fingerprint density at radius 1 is 0.655 bits per heavy atom. The molecular formula is C27H53OSi. The van der Waals surface area contributed by atoms with Crippen LogP contribution in [0.1, 0.15) is 118 Å². The highest BCUT2D eigenvalue weighted by molar-refractivity contribution is 6.74. The summed E-state index contributed by atoms with van der Waals surface area (Å²) in [4.78, 5) is 0. The summed E-state index contributed by atoms with van der Waals surface area (Å²) in [5, 5.41) is 0.327. The van der Waals surface area contributed by atoms with Crippen molar-refractivity contribution in [1.82, 2.24) is 0 Å². The zero-order valence-electron chi connectivity index (χ0n) is 20.9. The largest absolute Gasteiger partial charge is 0.417 e. The van der Waals surface area contributed by atoms with Gasteiger partial charge in [0.1, 0.15) is 0 Å². The molecule has 1 radical (unpaired) electrons. The lowest BCUT2D eigenvalue weighted by molar-refractivity contribution is 0.289. The summed E-state index contributed by atoms with van der Waals surface area (Å²) in [6, 6.07) is 0. The van der Waals surface area contributed by atoms with Gasteiger partial charge in [0.25, 0.3) is 0 Å². The molecule has 0 aliphatic heterocycles. The molecule has 0 saturated heterocycles. The third kappa shape index (κ3) is 18.2. The number of hydrogen-bond acceptors (Lipinski definition) is 1. The molecule has 29 heavy (non-hydrogen) atoms. The second kappa shape index (κ2) is 18.4. The lowest BCUT2D eigenvalue weighted by Crippen LogP contribution is -2.40. The Balaban J connectivity index is 3.31. The maximum Gasteiger partial charge on any atom is 0.191 e. The van der Waals surface area contributed by atoms with Gasteiger partial charge >= 0.3 is 0 Å². The zero-order chi connectivity index (χ0) is 21.8. The molecule has 0 fully saturated rings. The SMILES string of the molecule is CCCCC/C=C\C/C=C\CCCCCCCC[CH]CCO[Si](C)(C)C(C)(C)C. The van der Waals surface area contributed by atoms with Gasteiger partial charge in [-0.15, -0.1) is 0 Å². The first kappa shape index (κ1) is 28.7. The van der Waals surface area contributed by atoms with E-state index in [9.17, 15) is 0 Å². The van der Waals surface area contributed by atoms with E-state index in [0.29, 0.717) is 5.04 Å². The fraction of sp³-hybridized carbons (Fsp3) is 0.815. The predicted octanol–water partition coefficient (Wildman–Crippen LogP) is 9.81. The maximum absolute atomic E-state index is 6.23. The molecule has 0 rings (SSSR count). The molecule has 0 amide bonds. The summed E-state index contributed by atoms with van der Waals surface area (Å²) < 4.78 is 6.23. The second-order valence-corrected chi connectivity index (χ2v) is 14.9. The fourth-order valence-electron chi connectivity index (χ4n) is 3.04. The van der Waals surface area contributed by atoms with Gasteiger partial charge in [0, 0.05) is 6.61 Å². The Morgan fingerprint density at radius 3 is 1.72 bits per heavy atom. The Hall–Kier alpha value is -0.343. The molecule has 0 aliphatic carbocycles. The van der Waals surface area contributed by atoms with Crippen LogP contribution in [-0.4, -0.2) is 14.9 Å². The van der Waals surface area contributed by atoms with E-state index in [1.807, 2.05) is 0 Å². The standard InChI is InChI=1S/C27H53OSi/c1-7-8-9-10-11-12-13-14-15-16-17-18-19-20-21-22-23-24-25-26-28-29(5,6)27(2,3)4/h11-12,14-15,24H,7-10,13,16-23,25-26H2,1-6H3/b12-11-,15-14-. The first-order valence-electron chi connectivity index (χ1n) is 12.6. The maximum atomic E-state index is 6.23. The lowest BCUT2D eigenvalue weighted by atomic mass is 10.1. The van der Waals surface area contributed by atoms with Crippen LogP contribution in [0.3, 0.4) is 0 Å². The molecule has 0 N–H and O–H groups in total. The molecule has 0 bridgehead atoms. The highest BCUT2D eigenvalue weighted by Crippen LogP contribution is 2.36. The highest BCUT2D eigenvalue weighted by atomic mass is 28.4. The number of hydrogen-bond donors (Lipinski definition) is 0. The Kier molecular flexibility index (Phi) is 18.2. The average Bonchev–Trinajstić information content (AvgIpc) is 2.65. The zero-order valence-corrected chi connectivity index (χ0v) is 21.9. The van der Waals surface area contributed by atoms with Gasteiger partial charge in [-0.2, -0.15) is 0 Å². The number of unbranched alkanes of at least 4 members (excludes halogenated alkanes) is 12. The van der Waals surface area contributed by atoms with Crippen LogP contribution < -0.4 is 0 Å². The first-order valence-corrected chi connectivity index (χ1v) is 15.5. The molecule has 1 nitrogen and oxygen atoms in total. The van der Waals surface area contributed by atoms with Crippen molar-refractivity contribution in [3.63, 3.8) is 0 Å². The molecule has 0 aromatic carbocycles. The van der Waals surface area contributed by atoms with Gasteiger partial charge in [-0.05, 0) is 63.1 Å². The molecule has 0 aliphatic rings. The van der Waals surface area contributed by atoms with Crippen molar-refractivity contribution in [1.29, 1.82) is 0 Å². The van der Waals surface area contributed by atoms with E-state index in [4.69, 9.17) is 4.43 Å². The van der Waals surface area contributed by atoms with Crippen LogP contribution >= 0.6 is 0 Å². The minimum absolute atomic E-state index is 0.327. The number of allylic oxidation sites excluding steroid dienone is 4. The van der Waals surface area contributed by atoms with Crippen LogP contribution in [0.5, 0.6) is 0 Å². The fourth-order valence-corrected chi connectivity index (χ4v) is 4.10. The van der Waals surface area contributed by atoms with Crippen molar-refractivity contribution in [2.75, 3.05) is 6.61 Å². The van der Waals surface area contributed by atoms with Gasteiger partial charge in [0.2, 0.25) is 0 Å². The monoisotopic (exact) mass is 421 g/mol. The van der Waals surface area contributed by atoms with Crippen molar-refractivity contribution < 1.29 is 4.43 Å². The van der Waals surface area contributed by atoms with Crippen molar-refractivity contribution in [2.45, 2.75) is 136 Å². The van der Waals surface area contributed by atoms with Crippen molar-refractivity contribution in [2.24, 2.45) is 0 Å². The minimum Gasteiger partial charge on any atom is -0.417 e. The quantitative estimate of drug-likeness (QED) is 0.114. The van der Waals surface area contributed by atoms with E-state index in [-0.39, 0.29) is 0 Å². The highest BCUT2D eigenvalue weighted by Gasteiger charge is 2.36. The summed E-state index contributed by atoms with van der Waals surface area (Å²) in [6.45, 7) is 14.8. The smallest absolute Gasteiger partial charge is 0.191 e. The first-order chi connectivity index (χ1) is 13.8. The summed E-state index contributed by atoms with van der Waals surface area (Å²) in [7, 11) is -1.55. The van der Waals surface area contributed by atoms with Gasteiger partial charge in [0.05, 0.1) is 0 Å². The van der Waals surface area contributed by atoms with E-state index in [2.05, 4.69) is 71.5 Å². The third-order valence-electron chi connectivity index (χ3n) is 6.20. The molecule has 0 aromatic heterocycles. The topological polar surface area (TPSA) is 9.23 Å². The Labute approximate surface area is 185 Å². The van der Waals surface area contributed by atoms with Crippen LogP contribution in [0.2, 0.25) is 18.1 Å². The predicted molar refractivity (Wildman–Crippen MR) is 136 cm³/mol. The molecule has 0 spiro atoms. The van der Waals surface area contributed by atoms with Crippen LogP contribution in [0.25, 0.3) is 0 Å². The summed E-state index contributed by atoms with van der Waals surface area (Å²) in [5.74, 6) is 0.